The summed E-state index contributed by atoms with van der Waals surface area (Å²) >= 11 is 3.61. The second-order valence-corrected chi connectivity index (χ2v) is 16.3. The Hall–Kier alpha value is -6.66. The molecule has 3 nitrogen and oxygen atoms in total. The van der Waals surface area contributed by atoms with Crippen molar-refractivity contribution in [2.75, 3.05) is 0 Å². The molecule has 0 aliphatic heterocycles. The summed E-state index contributed by atoms with van der Waals surface area (Å²) in [6.45, 7) is 0. The average molecular weight is 736 g/mol. The number of fused-ring (bicyclic) bond motifs is 11. The maximum absolute atomic E-state index is 5.46. The second-order valence-electron chi connectivity index (χ2n) is 14.1. The molecule has 0 N–H and O–H groups in total. The summed E-state index contributed by atoms with van der Waals surface area (Å²) in [6.07, 6.45) is 0. The number of thiophene rings is 2. The fourth-order valence-electron chi connectivity index (χ4n) is 8.52. The lowest BCUT2D eigenvalue weighted by Gasteiger charge is -2.11. The van der Waals surface area contributed by atoms with Crippen LogP contribution >= 0.6 is 22.7 Å². The molecule has 55 heavy (non-hydrogen) atoms. The van der Waals surface area contributed by atoms with E-state index in [4.69, 9.17) is 9.97 Å². The lowest BCUT2D eigenvalue weighted by Crippen LogP contribution is -1.95. The molecule has 0 saturated heterocycles. The molecule has 0 aliphatic rings. The molecule has 0 radical (unpaired) electrons. The number of nitrogens with zero attached hydrogens (tertiary/aromatic N) is 3. The van der Waals surface area contributed by atoms with E-state index in [0.29, 0.717) is 0 Å². The van der Waals surface area contributed by atoms with E-state index in [1.54, 1.807) is 11.3 Å². The van der Waals surface area contributed by atoms with E-state index >= 15 is 0 Å². The summed E-state index contributed by atoms with van der Waals surface area (Å²) in [7, 11) is 0. The molecule has 0 unspecified atom stereocenters. The Morgan fingerprint density at radius 2 is 1.16 bits per heavy atom. The highest BCUT2D eigenvalue weighted by molar-refractivity contribution is 7.26. The van der Waals surface area contributed by atoms with Gasteiger partial charge in [0.15, 0.2) is 5.82 Å². The number of hydrogen-bond acceptors (Lipinski definition) is 4. The summed E-state index contributed by atoms with van der Waals surface area (Å²) in [5.74, 6) is 0.749. The van der Waals surface area contributed by atoms with Crippen molar-refractivity contribution in [2.24, 2.45) is 0 Å². The first-order chi connectivity index (χ1) is 27.3. The molecule has 0 amide bonds. The minimum absolute atomic E-state index is 0.749. The van der Waals surface area contributed by atoms with Gasteiger partial charge in [-0.3, -0.25) is 0 Å². The first kappa shape index (κ1) is 30.8. The zero-order valence-corrected chi connectivity index (χ0v) is 31.0. The van der Waals surface area contributed by atoms with Gasteiger partial charge in [0.2, 0.25) is 0 Å². The van der Waals surface area contributed by atoms with Crippen LogP contribution in [-0.2, 0) is 0 Å². The van der Waals surface area contributed by atoms with Crippen LogP contribution in [0.1, 0.15) is 0 Å². The van der Waals surface area contributed by atoms with Crippen LogP contribution in [0.5, 0.6) is 0 Å². The van der Waals surface area contributed by atoms with Crippen LogP contribution < -0.4 is 0 Å². The summed E-state index contributed by atoms with van der Waals surface area (Å²) in [4.78, 5) is 10.9. The van der Waals surface area contributed by atoms with E-state index in [-0.39, 0.29) is 0 Å². The Bertz CT molecular complexity index is 3500. The standard InChI is InChI=1S/C50H29N3S2/c1-2-12-30(13-3-1)32-15-10-16-33(28-32)46-49-47(39-19-7-9-22-42(39)55-49)52-50(51-46)40-20-11-23-43-45(40)38-27-25-34(29-44(38)54-43)53-41-21-8-6-18-36(41)37-26-24-31-14-4-5-17-35(31)48(37)53/h1-29H. The third kappa shape index (κ3) is 4.67. The van der Waals surface area contributed by atoms with Crippen molar-refractivity contribution < 1.29 is 0 Å². The van der Waals surface area contributed by atoms with Crippen molar-refractivity contribution in [3.05, 3.63) is 176 Å². The first-order valence-corrected chi connectivity index (χ1v) is 20.1. The minimum atomic E-state index is 0.749. The number of para-hydroxylation sites is 1. The smallest absolute Gasteiger partial charge is 0.161 e. The molecule has 256 valence electrons. The highest BCUT2D eigenvalue weighted by Gasteiger charge is 2.21. The van der Waals surface area contributed by atoms with Gasteiger partial charge in [0.1, 0.15) is 0 Å². The monoisotopic (exact) mass is 735 g/mol. The van der Waals surface area contributed by atoms with Crippen LogP contribution in [-0.4, -0.2) is 14.5 Å². The lowest BCUT2D eigenvalue weighted by molar-refractivity contribution is 1.19. The van der Waals surface area contributed by atoms with E-state index < -0.39 is 0 Å². The molecule has 4 aromatic heterocycles. The number of hydrogen-bond donors (Lipinski definition) is 0. The third-order valence-electron chi connectivity index (χ3n) is 11.0. The van der Waals surface area contributed by atoms with Gasteiger partial charge in [-0.25, -0.2) is 9.97 Å². The maximum atomic E-state index is 5.46. The highest BCUT2D eigenvalue weighted by atomic mass is 32.1. The number of benzene rings is 8. The van der Waals surface area contributed by atoms with Gasteiger partial charge in [-0.15, -0.1) is 22.7 Å². The predicted octanol–water partition coefficient (Wildman–Crippen LogP) is 14.5. The molecule has 0 aliphatic carbocycles. The predicted molar refractivity (Wildman–Crippen MR) is 236 cm³/mol. The van der Waals surface area contributed by atoms with Gasteiger partial charge in [-0.1, -0.05) is 140 Å². The average Bonchev–Trinajstić information content (AvgIpc) is 3.93. The Balaban J connectivity index is 1.09. The summed E-state index contributed by atoms with van der Waals surface area (Å²) < 4.78 is 7.24. The van der Waals surface area contributed by atoms with Gasteiger partial charge in [-0.05, 0) is 52.9 Å². The molecule has 0 saturated carbocycles. The van der Waals surface area contributed by atoms with Crippen molar-refractivity contribution in [1.82, 2.24) is 14.5 Å². The van der Waals surface area contributed by atoms with Crippen LogP contribution in [0.25, 0.3) is 113 Å². The van der Waals surface area contributed by atoms with Crippen molar-refractivity contribution in [3.8, 4) is 39.5 Å². The molecule has 12 rings (SSSR count). The molecular weight excluding hydrogens is 707 g/mol. The molecule has 0 spiro atoms. The Morgan fingerprint density at radius 3 is 2.09 bits per heavy atom. The summed E-state index contributed by atoms with van der Waals surface area (Å²) in [6, 6.07) is 63.5. The van der Waals surface area contributed by atoms with E-state index in [0.717, 1.165) is 43.9 Å². The highest BCUT2D eigenvalue weighted by Crippen LogP contribution is 2.45. The fraction of sp³-hybridized carbons (Fsp3) is 0. The molecule has 5 heteroatoms. The van der Waals surface area contributed by atoms with Crippen molar-refractivity contribution in [1.29, 1.82) is 0 Å². The zero-order valence-electron chi connectivity index (χ0n) is 29.4. The molecule has 8 aromatic carbocycles. The number of aromatic nitrogens is 3. The van der Waals surface area contributed by atoms with Crippen LogP contribution in [0.2, 0.25) is 0 Å². The molecule has 0 atom stereocenters. The first-order valence-electron chi connectivity index (χ1n) is 18.5. The van der Waals surface area contributed by atoms with Crippen LogP contribution in [0.4, 0.5) is 0 Å². The van der Waals surface area contributed by atoms with Gasteiger partial charge in [-0.2, -0.15) is 0 Å². The second kappa shape index (κ2) is 11.9. The molecule has 0 fully saturated rings. The van der Waals surface area contributed by atoms with Crippen LogP contribution in [0.15, 0.2) is 176 Å². The van der Waals surface area contributed by atoms with E-state index in [2.05, 4.69) is 180 Å². The van der Waals surface area contributed by atoms with Gasteiger partial charge in [0.25, 0.3) is 0 Å². The minimum Gasteiger partial charge on any atom is -0.309 e. The van der Waals surface area contributed by atoms with Crippen molar-refractivity contribution in [3.63, 3.8) is 0 Å². The molecular formula is C50H29N3S2. The molecule has 4 heterocycles. The van der Waals surface area contributed by atoms with Gasteiger partial charge in [0, 0.05) is 63.2 Å². The zero-order chi connectivity index (χ0) is 36.0. The van der Waals surface area contributed by atoms with Crippen molar-refractivity contribution >= 4 is 95.7 Å². The molecule has 12 aromatic rings. The van der Waals surface area contributed by atoms with E-state index in [1.165, 1.54) is 68.6 Å². The number of rotatable bonds is 4. The van der Waals surface area contributed by atoms with Crippen LogP contribution in [0.3, 0.4) is 0 Å². The normalized spacial score (nSPS) is 12.0. The fourth-order valence-corrected chi connectivity index (χ4v) is 10.8. The summed E-state index contributed by atoms with van der Waals surface area (Å²) in [5, 5.41) is 8.62. The van der Waals surface area contributed by atoms with Crippen LogP contribution in [0, 0.1) is 0 Å². The lowest BCUT2D eigenvalue weighted by atomic mass is 10.0. The van der Waals surface area contributed by atoms with E-state index in [9.17, 15) is 0 Å². The summed E-state index contributed by atoms with van der Waals surface area (Å²) in [5.41, 5.74) is 10.1. The molecule has 0 bridgehead atoms. The topological polar surface area (TPSA) is 30.7 Å². The van der Waals surface area contributed by atoms with Crippen molar-refractivity contribution in [2.45, 2.75) is 0 Å². The quantitative estimate of drug-likeness (QED) is 0.180. The Morgan fingerprint density at radius 1 is 0.436 bits per heavy atom. The van der Waals surface area contributed by atoms with Gasteiger partial charge in [0.05, 0.1) is 26.9 Å². The SMILES string of the molecule is c1ccc(-c2cccc(-c3nc(-c4cccc5sc6cc(-n7c8ccccc8c8ccc9ccccc9c87)ccc6c45)nc4c3sc3ccccc34)c2)cc1. The largest absolute Gasteiger partial charge is 0.309 e. The van der Waals surface area contributed by atoms with E-state index in [1.807, 2.05) is 11.3 Å². The Kier molecular flexibility index (Phi) is 6.67. The van der Waals surface area contributed by atoms with Gasteiger partial charge >= 0.3 is 0 Å². The Labute approximate surface area is 324 Å². The van der Waals surface area contributed by atoms with Gasteiger partial charge < -0.3 is 4.57 Å². The maximum Gasteiger partial charge on any atom is 0.161 e. The third-order valence-corrected chi connectivity index (χ3v) is 13.3.